The van der Waals surface area contributed by atoms with Crippen LogP contribution >= 0.6 is 0 Å². The topological polar surface area (TPSA) is 92.5 Å². The fourth-order valence-electron chi connectivity index (χ4n) is 1.10. The molecule has 1 rings (SSSR count). The summed E-state index contributed by atoms with van der Waals surface area (Å²) in [4.78, 5) is 20.8. The van der Waals surface area contributed by atoms with Gasteiger partial charge in [-0.15, -0.1) is 0 Å². The van der Waals surface area contributed by atoms with Crippen LogP contribution in [-0.4, -0.2) is 29.1 Å². The minimum Gasteiger partial charge on any atom is -0.395 e. The molecule has 0 aliphatic heterocycles. The number of nitro groups is 1. The smallest absolute Gasteiger partial charge is 0.305 e. The first-order valence-corrected chi connectivity index (χ1v) is 4.40. The summed E-state index contributed by atoms with van der Waals surface area (Å²) in [5.74, 6) is -1.97. The Morgan fingerprint density at radius 1 is 1.56 bits per heavy atom. The first-order valence-electron chi connectivity index (χ1n) is 4.40. The third-order valence-corrected chi connectivity index (χ3v) is 1.82. The van der Waals surface area contributed by atoms with Crippen LogP contribution in [0.3, 0.4) is 0 Å². The van der Waals surface area contributed by atoms with Crippen LogP contribution in [0.5, 0.6) is 0 Å². The molecule has 1 amide bonds. The molecule has 0 aromatic heterocycles. The maximum atomic E-state index is 13.4. The lowest BCUT2D eigenvalue weighted by molar-refractivity contribution is -0.387. The van der Waals surface area contributed by atoms with Crippen molar-refractivity contribution in [3.05, 3.63) is 39.7 Å². The Bertz CT molecular complexity index is 422. The van der Waals surface area contributed by atoms with Gasteiger partial charge in [0.2, 0.25) is 5.82 Å². The summed E-state index contributed by atoms with van der Waals surface area (Å²) in [6.07, 6.45) is 0. The molecule has 1 aromatic carbocycles. The highest BCUT2D eigenvalue weighted by Gasteiger charge is 2.21. The molecule has 6 nitrogen and oxygen atoms in total. The van der Waals surface area contributed by atoms with E-state index in [1.54, 1.807) is 0 Å². The van der Waals surface area contributed by atoms with E-state index in [0.717, 1.165) is 12.1 Å². The first kappa shape index (κ1) is 12.1. The first-order chi connectivity index (χ1) is 7.57. The molecule has 0 radical (unpaired) electrons. The van der Waals surface area contributed by atoms with Gasteiger partial charge in [0.15, 0.2) is 0 Å². The third kappa shape index (κ3) is 2.51. The van der Waals surface area contributed by atoms with Crippen LogP contribution in [0.4, 0.5) is 10.1 Å². The second-order valence-electron chi connectivity index (χ2n) is 2.88. The number of aliphatic hydroxyl groups is 1. The molecule has 0 bridgehead atoms. The summed E-state index contributed by atoms with van der Waals surface area (Å²) in [7, 11) is 0. The number of amides is 1. The molecule has 0 saturated heterocycles. The second kappa shape index (κ2) is 5.17. The minimum atomic E-state index is -1.18. The Balaban J connectivity index is 3.01. The molecule has 0 spiro atoms. The van der Waals surface area contributed by atoms with Crippen molar-refractivity contribution in [3.8, 4) is 0 Å². The summed E-state index contributed by atoms with van der Waals surface area (Å²) < 4.78 is 13.4. The van der Waals surface area contributed by atoms with Crippen molar-refractivity contribution in [1.29, 1.82) is 0 Å². The van der Waals surface area contributed by atoms with Crippen LogP contribution in [0, 0.1) is 15.9 Å². The molecule has 0 fully saturated rings. The average Bonchev–Trinajstić information content (AvgIpc) is 2.25. The largest absolute Gasteiger partial charge is 0.395 e. The van der Waals surface area contributed by atoms with E-state index in [-0.39, 0.29) is 13.2 Å². The number of carbonyl (C=O) groups is 1. The number of benzene rings is 1. The fraction of sp³-hybridized carbons (Fsp3) is 0.222. The predicted octanol–water partition coefficient (Wildman–Crippen LogP) is 0.456. The van der Waals surface area contributed by atoms with Crippen LogP contribution in [-0.2, 0) is 0 Å². The molecule has 7 heteroatoms. The fourth-order valence-corrected chi connectivity index (χ4v) is 1.10. The molecule has 0 aliphatic carbocycles. The van der Waals surface area contributed by atoms with Crippen LogP contribution in [0.15, 0.2) is 18.2 Å². The van der Waals surface area contributed by atoms with Crippen LogP contribution in [0.1, 0.15) is 10.4 Å². The van der Waals surface area contributed by atoms with E-state index in [0.29, 0.717) is 0 Å². The molecule has 0 aliphatic rings. The monoisotopic (exact) mass is 228 g/mol. The van der Waals surface area contributed by atoms with E-state index >= 15 is 0 Å². The van der Waals surface area contributed by atoms with Crippen molar-refractivity contribution in [2.45, 2.75) is 0 Å². The zero-order valence-corrected chi connectivity index (χ0v) is 8.14. The SMILES string of the molecule is O=C(NCCO)c1cccc([N+](=O)[O-])c1F. The van der Waals surface area contributed by atoms with Crippen LogP contribution in [0.25, 0.3) is 0 Å². The molecule has 2 N–H and O–H groups in total. The maximum absolute atomic E-state index is 13.4. The number of hydrogen-bond acceptors (Lipinski definition) is 4. The molecule has 0 heterocycles. The quantitative estimate of drug-likeness (QED) is 0.578. The number of aliphatic hydroxyl groups excluding tert-OH is 1. The van der Waals surface area contributed by atoms with Crippen LogP contribution < -0.4 is 5.32 Å². The van der Waals surface area contributed by atoms with Gasteiger partial charge in [0.25, 0.3) is 5.91 Å². The number of carbonyl (C=O) groups excluding carboxylic acids is 1. The number of rotatable bonds is 4. The highest BCUT2D eigenvalue weighted by molar-refractivity contribution is 5.95. The molecule has 86 valence electrons. The van der Waals surface area contributed by atoms with E-state index in [1.807, 2.05) is 0 Å². The summed E-state index contributed by atoms with van der Waals surface area (Å²) in [6, 6.07) is 3.32. The third-order valence-electron chi connectivity index (χ3n) is 1.82. The lowest BCUT2D eigenvalue weighted by Gasteiger charge is -2.04. The van der Waals surface area contributed by atoms with E-state index < -0.39 is 27.9 Å². The van der Waals surface area contributed by atoms with Gasteiger partial charge in [-0.25, -0.2) is 0 Å². The van der Waals surface area contributed by atoms with Crippen molar-refractivity contribution in [1.82, 2.24) is 5.32 Å². The van der Waals surface area contributed by atoms with Gasteiger partial charge in [-0.3, -0.25) is 14.9 Å². The van der Waals surface area contributed by atoms with Crippen molar-refractivity contribution in [3.63, 3.8) is 0 Å². The molecular formula is C9H9FN2O4. The zero-order valence-electron chi connectivity index (χ0n) is 8.14. The standard InChI is InChI=1S/C9H9FN2O4/c10-8-6(9(14)11-4-5-13)2-1-3-7(8)12(15)16/h1-3,13H,4-5H2,(H,11,14). The van der Waals surface area contributed by atoms with Gasteiger partial charge < -0.3 is 10.4 Å². The number of nitro benzene ring substituents is 1. The highest BCUT2D eigenvalue weighted by atomic mass is 19.1. The lowest BCUT2D eigenvalue weighted by atomic mass is 10.1. The molecule has 0 atom stereocenters. The van der Waals surface area contributed by atoms with Crippen LogP contribution in [0.2, 0.25) is 0 Å². The summed E-state index contributed by atoms with van der Waals surface area (Å²) >= 11 is 0. The Hall–Kier alpha value is -2.02. The van der Waals surface area contributed by atoms with Gasteiger partial charge in [0.1, 0.15) is 0 Å². The number of hydrogen-bond donors (Lipinski definition) is 2. The summed E-state index contributed by atoms with van der Waals surface area (Å²) in [5.41, 5.74) is -1.17. The van der Waals surface area contributed by atoms with Gasteiger partial charge in [0.05, 0.1) is 17.1 Å². The maximum Gasteiger partial charge on any atom is 0.305 e. The van der Waals surface area contributed by atoms with Crippen molar-refractivity contribution >= 4 is 11.6 Å². The number of nitrogens with zero attached hydrogens (tertiary/aromatic N) is 1. The van der Waals surface area contributed by atoms with Crippen molar-refractivity contribution in [2.24, 2.45) is 0 Å². The normalized spacial score (nSPS) is 9.88. The van der Waals surface area contributed by atoms with Gasteiger partial charge in [-0.05, 0) is 6.07 Å². The number of halogens is 1. The summed E-state index contributed by atoms with van der Waals surface area (Å²) in [6.45, 7) is -0.330. The van der Waals surface area contributed by atoms with E-state index in [4.69, 9.17) is 5.11 Å². The van der Waals surface area contributed by atoms with Gasteiger partial charge in [0, 0.05) is 12.6 Å². The van der Waals surface area contributed by atoms with Crippen molar-refractivity contribution < 1.29 is 19.2 Å². The molecule has 16 heavy (non-hydrogen) atoms. The Morgan fingerprint density at radius 2 is 2.25 bits per heavy atom. The van der Waals surface area contributed by atoms with E-state index in [1.165, 1.54) is 6.07 Å². The van der Waals surface area contributed by atoms with Gasteiger partial charge in [-0.2, -0.15) is 4.39 Å². The average molecular weight is 228 g/mol. The second-order valence-corrected chi connectivity index (χ2v) is 2.88. The Labute approximate surface area is 89.9 Å². The predicted molar refractivity (Wildman–Crippen MR) is 52.5 cm³/mol. The Kier molecular flexibility index (Phi) is 3.90. The molecule has 0 saturated carbocycles. The lowest BCUT2D eigenvalue weighted by Crippen LogP contribution is -2.27. The van der Waals surface area contributed by atoms with Crippen molar-refractivity contribution in [2.75, 3.05) is 13.2 Å². The van der Waals surface area contributed by atoms with E-state index in [2.05, 4.69) is 5.32 Å². The zero-order chi connectivity index (χ0) is 12.1. The number of nitrogens with one attached hydrogen (secondary N) is 1. The van der Waals surface area contributed by atoms with Gasteiger partial charge >= 0.3 is 5.69 Å². The highest BCUT2D eigenvalue weighted by Crippen LogP contribution is 2.19. The molecular weight excluding hydrogens is 219 g/mol. The molecule has 0 unspecified atom stereocenters. The molecule has 1 aromatic rings. The summed E-state index contributed by atoms with van der Waals surface area (Å²) in [5, 5.41) is 21.1. The Morgan fingerprint density at radius 3 is 2.81 bits per heavy atom. The van der Waals surface area contributed by atoms with Gasteiger partial charge in [-0.1, -0.05) is 6.07 Å². The van der Waals surface area contributed by atoms with E-state index in [9.17, 15) is 19.3 Å². The minimum absolute atomic E-state index is 0.0407.